The molecule has 0 aliphatic carbocycles. The zero-order valence-corrected chi connectivity index (χ0v) is 13.1. The highest BCUT2D eigenvalue weighted by Gasteiger charge is 2.22. The Hall–Kier alpha value is -1.87. The second kappa shape index (κ2) is 6.49. The molecule has 1 unspecified atom stereocenters. The van der Waals surface area contributed by atoms with Crippen LogP contribution < -0.4 is 5.73 Å². The Morgan fingerprint density at radius 3 is 3.05 bits per heavy atom. The molecule has 1 fully saturated rings. The van der Waals surface area contributed by atoms with Crippen LogP contribution in [0.4, 0.5) is 0 Å². The van der Waals surface area contributed by atoms with Crippen LogP contribution in [0.25, 0.3) is 11.5 Å². The van der Waals surface area contributed by atoms with E-state index in [1.165, 1.54) is 11.8 Å². The van der Waals surface area contributed by atoms with Gasteiger partial charge in [0.15, 0.2) is 11.0 Å². The number of ether oxygens (including phenoxy) is 1. The van der Waals surface area contributed by atoms with Crippen molar-refractivity contribution < 1.29 is 9.53 Å². The van der Waals surface area contributed by atoms with Crippen molar-refractivity contribution >= 4 is 17.7 Å². The Kier molecular flexibility index (Phi) is 4.44. The number of hydrogen-bond donors (Lipinski definition) is 1. The van der Waals surface area contributed by atoms with Crippen molar-refractivity contribution in [2.24, 2.45) is 12.8 Å². The molecule has 2 N–H and O–H groups in total. The average Bonchev–Trinajstić information content (AvgIpc) is 3.18. The molecule has 2 aromatic heterocycles. The number of thioether (sulfide) groups is 1. The van der Waals surface area contributed by atoms with Gasteiger partial charge in [-0.2, -0.15) is 5.10 Å². The molecule has 3 heterocycles. The first-order valence-corrected chi connectivity index (χ1v) is 8.08. The number of hydrogen-bond acceptors (Lipinski definition) is 6. The van der Waals surface area contributed by atoms with Crippen LogP contribution in [0.2, 0.25) is 0 Å². The molecule has 1 aliphatic heterocycles. The number of carbonyl (C=O) groups is 1. The molecule has 0 aromatic carbocycles. The van der Waals surface area contributed by atoms with E-state index in [9.17, 15) is 4.79 Å². The van der Waals surface area contributed by atoms with Crippen LogP contribution in [0.1, 0.15) is 12.8 Å². The fraction of sp³-hybridized carbons (Fsp3) is 0.538. The topological polar surface area (TPSA) is 101 Å². The lowest BCUT2D eigenvalue weighted by atomic mass is 10.2. The summed E-state index contributed by atoms with van der Waals surface area (Å²) in [6.07, 6.45) is 4.08. The van der Waals surface area contributed by atoms with Crippen molar-refractivity contribution in [2.75, 3.05) is 12.4 Å². The molecule has 22 heavy (non-hydrogen) atoms. The smallest absolute Gasteiger partial charge is 0.227 e. The summed E-state index contributed by atoms with van der Waals surface area (Å²) in [6.45, 7) is 1.44. The highest BCUT2D eigenvalue weighted by molar-refractivity contribution is 7.99. The summed E-state index contributed by atoms with van der Waals surface area (Å²) in [6, 6.07) is 1.89. The van der Waals surface area contributed by atoms with E-state index in [0.29, 0.717) is 17.5 Å². The molecule has 0 spiro atoms. The van der Waals surface area contributed by atoms with Crippen LogP contribution in [0.3, 0.4) is 0 Å². The van der Waals surface area contributed by atoms with Gasteiger partial charge in [-0.3, -0.25) is 14.0 Å². The van der Waals surface area contributed by atoms with Crippen molar-refractivity contribution in [3.8, 4) is 11.5 Å². The van der Waals surface area contributed by atoms with Gasteiger partial charge in [0.1, 0.15) is 5.69 Å². The van der Waals surface area contributed by atoms with Gasteiger partial charge in [0, 0.05) is 19.9 Å². The predicted octanol–water partition coefficient (Wildman–Crippen LogP) is 0.435. The molecule has 1 amide bonds. The number of amides is 1. The fourth-order valence-corrected chi connectivity index (χ4v) is 3.10. The van der Waals surface area contributed by atoms with Crippen LogP contribution in [0.5, 0.6) is 0 Å². The van der Waals surface area contributed by atoms with E-state index in [0.717, 1.165) is 25.1 Å². The zero-order valence-electron chi connectivity index (χ0n) is 12.3. The Morgan fingerprint density at radius 1 is 1.55 bits per heavy atom. The summed E-state index contributed by atoms with van der Waals surface area (Å²) in [7, 11) is 1.85. The van der Waals surface area contributed by atoms with Crippen molar-refractivity contribution in [1.29, 1.82) is 0 Å². The Bertz CT molecular complexity index is 661. The maximum atomic E-state index is 11.0. The number of nitrogens with two attached hydrogens (primary N) is 1. The predicted molar refractivity (Wildman–Crippen MR) is 81.1 cm³/mol. The molecule has 0 bridgehead atoms. The van der Waals surface area contributed by atoms with Crippen LogP contribution in [-0.2, 0) is 23.1 Å². The maximum Gasteiger partial charge on any atom is 0.227 e. The third-order valence-corrected chi connectivity index (χ3v) is 4.40. The minimum Gasteiger partial charge on any atom is -0.376 e. The van der Waals surface area contributed by atoms with Crippen LogP contribution >= 0.6 is 11.8 Å². The van der Waals surface area contributed by atoms with Gasteiger partial charge in [0.25, 0.3) is 0 Å². The SMILES string of the molecule is Cn1ccc(-c2nnc(SCC(N)=O)n2CC2CCCO2)n1. The standard InChI is InChI=1S/C13H18N6O2S/c1-18-5-4-10(17-18)12-15-16-13(22-8-11(14)20)19(12)7-9-3-2-6-21-9/h4-5,9H,2-3,6-8H2,1H3,(H2,14,20). The molecule has 0 saturated carbocycles. The molecule has 1 saturated heterocycles. The first kappa shape index (κ1) is 15.0. The van der Waals surface area contributed by atoms with Gasteiger partial charge in [-0.25, -0.2) is 0 Å². The number of aryl methyl sites for hydroxylation is 1. The van der Waals surface area contributed by atoms with Gasteiger partial charge in [-0.05, 0) is 18.9 Å². The summed E-state index contributed by atoms with van der Waals surface area (Å²) in [5, 5.41) is 13.4. The normalized spacial score (nSPS) is 18.0. The van der Waals surface area contributed by atoms with Crippen molar-refractivity contribution in [3.05, 3.63) is 12.3 Å². The molecule has 9 heteroatoms. The molecule has 1 atom stereocenters. The van der Waals surface area contributed by atoms with Gasteiger partial charge >= 0.3 is 0 Å². The third-order valence-electron chi connectivity index (χ3n) is 3.41. The van der Waals surface area contributed by atoms with E-state index in [2.05, 4.69) is 15.3 Å². The third kappa shape index (κ3) is 3.30. The maximum absolute atomic E-state index is 11.0. The second-order valence-electron chi connectivity index (χ2n) is 5.18. The zero-order chi connectivity index (χ0) is 15.5. The van der Waals surface area contributed by atoms with Crippen molar-refractivity contribution in [3.63, 3.8) is 0 Å². The number of carbonyl (C=O) groups excluding carboxylic acids is 1. The molecular formula is C13H18N6O2S. The highest BCUT2D eigenvalue weighted by Crippen LogP contribution is 2.25. The van der Waals surface area contributed by atoms with E-state index in [4.69, 9.17) is 10.5 Å². The number of primary amides is 1. The number of aromatic nitrogens is 5. The van der Waals surface area contributed by atoms with E-state index in [-0.39, 0.29) is 17.8 Å². The molecule has 118 valence electrons. The van der Waals surface area contributed by atoms with Crippen LogP contribution in [0.15, 0.2) is 17.4 Å². The van der Waals surface area contributed by atoms with Gasteiger partial charge in [-0.1, -0.05) is 11.8 Å². The second-order valence-corrected chi connectivity index (χ2v) is 6.12. The molecule has 2 aromatic rings. The monoisotopic (exact) mass is 322 g/mol. The van der Waals surface area contributed by atoms with Gasteiger partial charge in [0.05, 0.1) is 18.4 Å². The van der Waals surface area contributed by atoms with Gasteiger partial charge < -0.3 is 10.5 Å². The highest BCUT2D eigenvalue weighted by atomic mass is 32.2. The summed E-state index contributed by atoms with van der Waals surface area (Å²) < 4.78 is 9.38. The molecule has 0 radical (unpaired) electrons. The summed E-state index contributed by atoms with van der Waals surface area (Å²) in [5.74, 6) is 0.477. The average molecular weight is 322 g/mol. The lowest BCUT2D eigenvalue weighted by molar-refractivity contribution is -0.115. The number of nitrogens with zero attached hydrogens (tertiary/aromatic N) is 5. The number of rotatable bonds is 6. The van der Waals surface area contributed by atoms with Crippen LogP contribution in [-0.4, -0.2) is 48.9 Å². The minimum atomic E-state index is -0.379. The summed E-state index contributed by atoms with van der Waals surface area (Å²) in [5.41, 5.74) is 5.97. The first-order chi connectivity index (χ1) is 10.6. The van der Waals surface area contributed by atoms with Crippen molar-refractivity contribution in [1.82, 2.24) is 24.5 Å². The Labute approximate surface area is 132 Å². The Balaban J connectivity index is 1.89. The largest absolute Gasteiger partial charge is 0.376 e. The van der Waals surface area contributed by atoms with Crippen molar-refractivity contribution in [2.45, 2.75) is 30.6 Å². The fourth-order valence-electron chi connectivity index (χ4n) is 2.41. The van der Waals surface area contributed by atoms with Gasteiger partial charge in [0.2, 0.25) is 5.91 Å². The molecular weight excluding hydrogens is 304 g/mol. The minimum absolute atomic E-state index is 0.145. The molecule has 1 aliphatic rings. The van der Waals surface area contributed by atoms with E-state index in [1.807, 2.05) is 23.9 Å². The quantitative estimate of drug-likeness (QED) is 0.774. The van der Waals surface area contributed by atoms with Crippen LogP contribution in [0, 0.1) is 0 Å². The molecule has 3 rings (SSSR count). The summed E-state index contributed by atoms with van der Waals surface area (Å²) in [4.78, 5) is 11.0. The Morgan fingerprint density at radius 2 is 2.41 bits per heavy atom. The molecule has 8 nitrogen and oxygen atoms in total. The van der Waals surface area contributed by atoms with Gasteiger partial charge in [-0.15, -0.1) is 10.2 Å². The van der Waals surface area contributed by atoms with E-state index >= 15 is 0 Å². The van der Waals surface area contributed by atoms with E-state index < -0.39 is 0 Å². The lowest BCUT2D eigenvalue weighted by Gasteiger charge is -2.13. The first-order valence-electron chi connectivity index (χ1n) is 7.09. The lowest BCUT2D eigenvalue weighted by Crippen LogP contribution is -2.18. The summed E-state index contributed by atoms with van der Waals surface area (Å²) >= 11 is 1.29. The van der Waals surface area contributed by atoms with E-state index in [1.54, 1.807) is 4.68 Å².